The van der Waals surface area contributed by atoms with Gasteiger partial charge in [0.15, 0.2) is 12.1 Å². The van der Waals surface area contributed by atoms with E-state index in [1.807, 2.05) is 13.0 Å². The van der Waals surface area contributed by atoms with Gasteiger partial charge in [0.1, 0.15) is 24.4 Å². The zero-order chi connectivity index (χ0) is 29.3. The predicted molar refractivity (Wildman–Crippen MR) is 151 cm³/mol. The van der Waals surface area contributed by atoms with Crippen LogP contribution < -0.4 is 0 Å². The molecular weight excluding hydrogens is 520 g/mol. The molecule has 0 heterocycles. The van der Waals surface area contributed by atoms with Gasteiger partial charge in [-0.15, -0.1) is 0 Å². The number of aliphatic hydroxyl groups is 3. The summed E-state index contributed by atoms with van der Waals surface area (Å²) in [5, 5.41) is 35.9. The highest BCUT2D eigenvalue weighted by Gasteiger charge is 2.76. The molecule has 2 fully saturated rings. The number of allylic oxidation sites excluding steroid dienone is 1. The minimum atomic E-state index is -2.13. The van der Waals surface area contributed by atoms with Gasteiger partial charge < -0.3 is 24.8 Å². The fraction of sp³-hybridized carbons (Fsp3) is 0.471. The minimum Gasteiger partial charge on any atom is -0.457 e. The first-order chi connectivity index (χ1) is 19.4. The number of carbonyl (C=O) groups is 2. The second kappa shape index (κ2) is 9.73. The summed E-state index contributed by atoms with van der Waals surface area (Å²) in [6, 6.07) is 17.3. The molecule has 0 aliphatic heterocycles. The fourth-order valence-electron chi connectivity index (χ4n) is 8.24. The van der Waals surface area contributed by atoms with Gasteiger partial charge >= 0.3 is 5.97 Å². The summed E-state index contributed by atoms with van der Waals surface area (Å²) in [7, 11) is 0. The van der Waals surface area contributed by atoms with Crippen LogP contribution in [-0.4, -0.2) is 51.5 Å². The zero-order valence-corrected chi connectivity index (χ0v) is 23.9. The molecule has 7 heteroatoms. The molecule has 2 aromatic carbocycles. The molecular formula is C34H38O7. The summed E-state index contributed by atoms with van der Waals surface area (Å²) in [6.07, 6.45) is 0.0433. The van der Waals surface area contributed by atoms with Crippen molar-refractivity contribution >= 4 is 11.8 Å². The van der Waals surface area contributed by atoms with Crippen LogP contribution in [0.15, 0.2) is 84.0 Å². The molecule has 0 amide bonds. The summed E-state index contributed by atoms with van der Waals surface area (Å²) < 4.78 is 11.8. The van der Waals surface area contributed by atoms with Crippen molar-refractivity contribution in [2.75, 3.05) is 6.61 Å². The number of benzene rings is 2. The highest BCUT2D eigenvalue weighted by atomic mass is 16.6. The van der Waals surface area contributed by atoms with Gasteiger partial charge in [-0.2, -0.15) is 0 Å². The van der Waals surface area contributed by atoms with Crippen molar-refractivity contribution in [2.24, 2.45) is 34.5 Å². The number of hydrogen-bond donors (Lipinski definition) is 3. The Labute approximate surface area is 240 Å². The maximum atomic E-state index is 14.7. The number of fused-ring (bicyclic) bond motifs is 3. The number of ether oxygens (including phenoxy) is 2. The number of esters is 1. The molecule has 4 aliphatic rings. The molecule has 2 bridgehead atoms. The van der Waals surface area contributed by atoms with E-state index in [0.717, 1.165) is 0 Å². The average molecular weight is 559 g/mol. The summed E-state index contributed by atoms with van der Waals surface area (Å²) >= 11 is 0. The second-order valence-corrected chi connectivity index (χ2v) is 12.9. The average Bonchev–Trinajstić information content (AvgIpc) is 3.46. The topological polar surface area (TPSA) is 113 Å². The van der Waals surface area contributed by atoms with Crippen molar-refractivity contribution in [1.82, 2.24) is 0 Å². The molecule has 2 saturated carbocycles. The quantitative estimate of drug-likeness (QED) is 0.274. The van der Waals surface area contributed by atoms with Gasteiger partial charge in [0, 0.05) is 11.5 Å². The number of aliphatic hydroxyl groups excluding tert-OH is 2. The van der Waals surface area contributed by atoms with E-state index in [1.54, 1.807) is 73.7 Å². The van der Waals surface area contributed by atoms with Gasteiger partial charge in [0.2, 0.25) is 0 Å². The molecule has 0 radical (unpaired) electrons. The first-order valence-corrected chi connectivity index (χ1v) is 14.4. The van der Waals surface area contributed by atoms with E-state index in [9.17, 15) is 24.9 Å². The van der Waals surface area contributed by atoms with E-state index in [2.05, 4.69) is 13.8 Å². The monoisotopic (exact) mass is 558 g/mol. The van der Waals surface area contributed by atoms with Gasteiger partial charge in [0.25, 0.3) is 0 Å². The Morgan fingerprint density at radius 3 is 2.37 bits per heavy atom. The molecule has 6 rings (SSSR count). The minimum absolute atomic E-state index is 0.0368. The fourth-order valence-corrected chi connectivity index (χ4v) is 8.24. The third kappa shape index (κ3) is 4.01. The van der Waals surface area contributed by atoms with E-state index in [4.69, 9.17) is 9.47 Å². The van der Waals surface area contributed by atoms with Crippen LogP contribution in [0.5, 0.6) is 0 Å². The Hall–Kier alpha value is -3.10. The van der Waals surface area contributed by atoms with Crippen molar-refractivity contribution in [2.45, 2.75) is 58.2 Å². The molecule has 4 aliphatic carbocycles. The third-order valence-corrected chi connectivity index (χ3v) is 10.4. The van der Waals surface area contributed by atoms with Crippen LogP contribution in [0.2, 0.25) is 0 Å². The van der Waals surface area contributed by atoms with E-state index < -0.39 is 41.4 Å². The van der Waals surface area contributed by atoms with E-state index >= 15 is 0 Å². The van der Waals surface area contributed by atoms with Crippen molar-refractivity contribution in [3.05, 3.63) is 95.1 Å². The maximum Gasteiger partial charge on any atom is 0.338 e. The van der Waals surface area contributed by atoms with Gasteiger partial charge in [-0.25, -0.2) is 4.79 Å². The number of Topliss-reactive ketones (excluding diaryl/α,β-unsaturated/α-hetero) is 1. The van der Waals surface area contributed by atoms with Crippen LogP contribution in [0.3, 0.4) is 0 Å². The molecule has 9 atom stereocenters. The summed E-state index contributed by atoms with van der Waals surface area (Å²) in [4.78, 5) is 27.6. The Balaban J connectivity index is 1.42. The van der Waals surface area contributed by atoms with Crippen LogP contribution >= 0.6 is 0 Å². The lowest BCUT2D eigenvalue weighted by atomic mass is 9.59. The summed E-state index contributed by atoms with van der Waals surface area (Å²) in [6.45, 7) is 7.75. The van der Waals surface area contributed by atoms with Crippen molar-refractivity contribution in [3.63, 3.8) is 0 Å². The molecule has 7 nitrogen and oxygen atoms in total. The Bertz CT molecular complexity index is 1410. The predicted octanol–water partition coefficient (Wildman–Crippen LogP) is 4.40. The van der Waals surface area contributed by atoms with Gasteiger partial charge in [-0.05, 0) is 59.8 Å². The van der Waals surface area contributed by atoms with E-state index in [-0.39, 0.29) is 41.1 Å². The first kappa shape index (κ1) is 28.0. The van der Waals surface area contributed by atoms with Gasteiger partial charge in [-0.1, -0.05) is 81.5 Å². The second-order valence-electron chi connectivity index (χ2n) is 12.9. The lowest BCUT2D eigenvalue weighted by Crippen LogP contribution is -2.65. The normalized spacial score (nSPS) is 37.5. The molecule has 0 aromatic heterocycles. The van der Waals surface area contributed by atoms with Gasteiger partial charge in [0.05, 0.1) is 11.0 Å². The summed E-state index contributed by atoms with van der Waals surface area (Å²) in [5.41, 5.74) is -1.99. The molecule has 1 spiro atoms. The third-order valence-electron chi connectivity index (χ3n) is 10.4. The summed E-state index contributed by atoms with van der Waals surface area (Å²) in [5.74, 6) is -1.31. The van der Waals surface area contributed by atoms with Crippen LogP contribution in [0.25, 0.3) is 0 Å². The van der Waals surface area contributed by atoms with Crippen LogP contribution in [-0.2, 0) is 14.3 Å². The van der Waals surface area contributed by atoms with Crippen molar-refractivity contribution < 1.29 is 34.4 Å². The Morgan fingerprint density at radius 2 is 1.71 bits per heavy atom. The molecule has 41 heavy (non-hydrogen) atoms. The maximum absolute atomic E-state index is 14.7. The molecule has 1 unspecified atom stereocenters. The van der Waals surface area contributed by atoms with Gasteiger partial charge in [-0.3, -0.25) is 4.79 Å². The molecule has 0 saturated heterocycles. The van der Waals surface area contributed by atoms with Crippen molar-refractivity contribution in [3.8, 4) is 0 Å². The largest absolute Gasteiger partial charge is 0.457 e. The smallest absolute Gasteiger partial charge is 0.338 e. The zero-order valence-electron chi connectivity index (χ0n) is 23.9. The van der Waals surface area contributed by atoms with E-state index in [1.165, 1.54) is 0 Å². The highest BCUT2D eigenvalue weighted by Crippen LogP contribution is 2.71. The SMILES string of the molecule is CC1=C[C@]23C(=O)[C@@H](C=C(COC(=O)c4ccccc4)[C@@H](O)[C@]2(O)[C@H]1OC(O)c1ccccc1)[C@H]1[C@@H](C[C@H]3C)C1(C)C. The lowest BCUT2D eigenvalue weighted by molar-refractivity contribution is -0.235. The molecule has 216 valence electrons. The van der Waals surface area contributed by atoms with Crippen LogP contribution in [0.4, 0.5) is 0 Å². The molecule has 2 aromatic rings. The Kier molecular flexibility index (Phi) is 6.66. The number of ketones is 1. The van der Waals surface area contributed by atoms with Crippen LogP contribution in [0.1, 0.15) is 56.3 Å². The number of hydrogen-bond acceptors (Lipinski definition) is 7. The van der Waals surface area contributed by atoms with Crippen molar-refractivity contribution in [1.29, 1.82) is 0 Å². The van der Waals surface area contributed by atoms with Crippen LogP contribution in [0, 0.1) is 34.5 Å². The first-order valence-electron chi connectivity index (χ1n) is 14.4. The lowest BCUT2D eigenvalue weighted by Gasteiger charge is -2.49. The van der Waals surface area contributed by atoms with E-state index in [0.29, 0.717) is 23.1 Å². The Morgan fingerprint density at radius 1 is 1.07 bits per heavy atom. The number of carbonyl (C=O) groups excluding carboxylic acids is 2. The standard InChI is InChI=1S/C34H38O7/c1-19-17-33-20(2)15-25-26(32(25,3)4)24(28(33)36)16-23(18-40-30(37)21-11-7-5-8-12-21)27(35)34(33,39)29(19)41-31(38)22-13-9-6-10-14-22/h5-14,16-17,20,24-27,29,31,35,38-39H,15,18H2,1-4H3/t20-,24+,25-,26+,27-,29+,31?,33+,34+/m1/s1. The number of rotatable bonds is 6. The molecule has 3 N–H and O–H groups in total. The highest BCUT2D eigenvalue weighted by molar-refractivity contribution is 5.95.